The summed E-state index contributed by atoms with van der Waals surface area (Å²) in [5, 5.41) is 3.56. The second-order valence-corrected chi connectivity index (χ2v) is 6.41. The van der Waals surface area contributed by atoms with Crippen molar-refractivity contribution >= 4 is 0 Å². The first-order chi connectivity index (χ1) is 8.65. The number of rotatable bonds is 3. The summed E-state index contributed by atoms with van der Waals surface area (Å²) in [5.74, 6) is 1.68. The Morgan fingerprint density at radius 1 is 1.11 bits per heavy atom. The number of hydrogen-bond donors (Lipinski definition) is 1. The SMILES string of the molecule is CNC1CC(C)CC(C)C1N1CCC(OC)CC1. The lowest BCUT2D eigenvalue weighted by molar-refractivity contribution is -0.00467. The highest BCUT2D eigenvalue weighted by Crippen LogP contribution is 2.33. The Kier molecular flexibility index (Phi) is 5.05. The molecule has 0 aromatic heterocycles. The average Bonchev–Trinajstić information content (AvgIpc) is 2.38. The molecule has 0 aromatic carbocycles. The van der Waals surface area contributed by atoms with Gasteiger partial charge in [-0.05, 0) is 44.6 Å². The maximum atomic E-state index is 5.48. The first-order valence-corrected chi connectivity index (χ1v) is 7.59. The molecule has 1 aliphatic heterocycles. The van der Waals surface area contributed by atoms with Crippen molar-refractivity contribution in [1.82, 2.24) is 10.2 Å². The van der Waals surface area contributed by atoms with Crippen LogP contribution in [0.25, 0.3) is 0 Å². The summed E-state index contributed by atoms with van der Waals surface area (Å²) in [7, 11) is 3.98. The van der Waals surface area contributed by atoms with Gasteiger partial charge in [0.2, 0.25) is 0 Å². The molecule has 1 heterocycles. The minimum absolute atomic E-state index is 0.493. The molecule has 1 saturated heterocycles. The van der Waals surface area contributed by atoms with Crippen LogP contribution in [0.3, 0.4) is 0 Å². The van der Waals surface area contributed by atoms with E-state index in [1.54, 1.807) is 0 Å². The van der Waals surface area contributed by atoms with Gasteiger partial charge in [0.05, 0.1) is 6.10 Å². The van der Waals surface area contributed by atoms with Gasteiger partial charge < -0.3 is 10.1 Å². The van der Waals surface area contributed by atoms with Gasteiger partial charge in [0.1, 0.15) is 0 Å². The summed E-state index contributed by atoms with van der Waals surface area (Å²) in [6.07, 6.45) is 5.60. The zero-order chi connectivity index (χ0) is 13.1. The molecule has 3 heteroatoms. The fourth-order valence-electron chi connectivity index (χ4n) is 4.15. The van der Waals surface area contributed by atoms with Crippen molar-refractivity contribution in [1.29, 1.82) is 0 Å². The molecular formula is C15H30N2O. The zero-order valence-corrected chi connectivity index (χ0v) is 12.5. The third-order valence-corrected chi connectivity index (χ3v) is 5.03. The Morgan fingerprint density at radius 2 is 1.78 bits per heavy atom. The normalized spacial score (nSPS) is 40.0. The first-order valence-electron chi connectivity index (χ1n) is 7.59. The van der Waals surface area contributed by atoms with Crippen LogP contribution in [0.2, 0.25) is 0 Å². The van der Waals surface area contributed by atoms with Gasteiger partial charge in [-0.25, -0.2) is 0 Å². The van der Waals surface area contributed by atoms with Crippen LogP contribution < -0.4 is 5.32 Å². The smallest absolute Gasteiger partial charge is 0.0595 e. The van der Waals surface area contributed by atoms with Crippen molar-refractivity contribution < 1.29 is 4.74 Å². The zero-order valence-electron chi connectivity index (χ0n) is 12.5. The number of likely N-dealkylation sites (tertiary alicyclic amines) is 1. The Balaban J connectivity index is 1.97. The summed E-state index contributed by atoms with van der Waals surface area (Å²) >= 11 is 0. The molecule has 0 spiro atoms. The van der Waals surface area contributed by atoms with E-state index in [1.807, 2.05) is 7.11 Å². The van der Waals surface area contributed by atoms with Crippen LogP contribution in [-0.2, 0) is 4.74 Å². The van der Waals surface area contributed by atoms with Gasteiger partial charge in [-0.15, -0.1) is 0 Å². The fraction of sp³-hybridized carbons (Fsp3) is 1.00. The first kappa shape index (κ1) is 14.3. The molecule has 3 nitrogen and oxygen atoms in total. The minimum Gasteiger partial charge on any atom is -0.381 e. The molecule has 2 rings (SSSR count). The van der Waals surface area contributed by atoms with E-state index in [4.69, 9.17) is 4.74 Å². The van der Waals surface area contributed by atoms with Gasteiger partial charge in [-0.2, -0.15) is 0 Å². The van der Waals surface area contributed by atoms with Gasteiger partial charge in [0.15, 0.2) is 0 Å². The molecule has 1 N–H and O–H groups in total. The molecule has 0 amide bonds. The maximum Gasteiger partial charge on any atom is 0.0595 e. The summed E-state index contributed by atoms with van der Waals surface area (Å²) in [6, 6.07) is 1.40. The van der Waals surface area contributed by atoms with Crippen LogP contribution in [0.1, 0.15) is 39.5 Å². The summed E-state index contributed by atoms with van der Waals surface area (Å²) in [5.41, 5.74) is 0. The van der Waals surface area contributed by atoms with Gasteiger partial charge in [-0.1, -0.05) is 13.8 Å². The molecule has 4 atom stereocenters. The molecule has 2 fully saturated rings. The van der Waals surface area contributed by atoms with Gasteiger partial charge in [0.25, 0.3) is 0 Å². The van der Waals surface area contributed by atoms with E-state index in [9.17, 15) is 0 Å². The monoisotopic (exact) mass is 254 g/mol. The molecule has 0 bridgehead atoms. The van der Waals surface area contributed by atoms with Gasteiger partial charge in [0, 0.05) is 32.3 Å². The number of likely N-dealkylation sites (N-methyl/N-ethyl adjacent to an activating group) is 1. The third-order valence-electron chi connectivity index (χ3n) is 5.03. The number of nitrogens with zero attached hydrogens (tertiary/aromatic N) is 1. The van der Waals surface area contributed by atoms with Crippen molar-refractivity contribution in [3.8, 4) is 0 Å². The van der Waals surface area contributed by atoms with Crippen LogP contribution in [-0.4, -0.2) is 50.3 Å². The highest BCUT2D eigenvalue weighted by Gasteiger charge is 2.38. The van der Waals surface area contributed by atoms with Crippen molar-refractivity contribution in [2.24, 2.45) is 11.8 Å². The fourth-order valence-corrected chi connectivity index (χ4v) is 4.15. The maximum absolute atomic E-state index is 5.48. The van der Waals surface area contributed by atoms with Crippen LogP contribution in [0, 0.1) is 11.8 Å². The lowest BCUT2D eigenvalue weighted by atomic mass is 9.75. The Labute approximate surface area is 112 Å². The molecule has 1 saturated carbocycles. The quantitative estimate of drug-likeness (QED) is 0.835. The molecule has 4 unspecified atom stereocenters. The highest BCUT2D eigenvalue weighted by atomic mass is 16.5. The second kappa shape index (κ2) is 6.36. The standard InChI is InChI=1S/C15H30N2O/c1-11-9-12(2)15(14(10-11)16-3)17-7-5-13(18-4)6-8-17/h11-16H,5-10H2,1-4H3. The molecule has 1 aliphatic carbocycles. The topological polar surface area (TPSA) is 24.5 Å². The second-order valence-electron chi connectivity index (χ2n) is 6.41. The van der Waals surface area contributed by atoms with E-state index in [0.717, 1.165) is 17.9 Å². The molecule has 106 valence electrons. The number of ether oxygens (including phenoxy) is 1. The van der Waals surface area contributed by atoms with E-state index in [2.05, 4.69) is 31.1 Å². The molecular weight excluding hydrogens is 224 g/mol. The van der Waals surface area contributed by atoms with Crippen LogP contribution >= 0.6 is 0 Å². The molecule has 0 radical (unpaired) electrons. The molecule has 0 aromatic rings. The van der Waals surface area contributed by atoms with Crippen molar-refractivity contribution in [3.05, 3.63) is 0 Å². The largest absolute Gasteiger partial charge is 0.381 e. The van der Waals surface area contributed by atoms with Crippen molar-refractivity contribution in [2.45, 2.75) is 57.7 Å². The molecule has 18 heavy (non-hydrogen) atoms. The van der Waals surface area contributed by atoms with Crippen molar-refractivity contribution in [3.63, 3.8) is 0 Å². The summed E-state index contributed by atoms with van der Waals surface area (Å²) in [4.78, 5) is 2.72. The van der Waals surface area contributed by atoms with Crippen LogP contribution in [0.5, 0.6) is 0 Å². The van der Waals surface area contributed by atoms with Gasteiger partial charge >= 0.3 is 0 Å². The lowest BCUT2D eigenvalue weighted by Gasteiger charge is -2.47. The third kappa shape index (κ3) is 3.06. The number of nitrogens with one attached hydrogen (secondary N) is 1. The number of piperidine rings is 1. The van der Waals surface area contributed by atoms with E-state index in [1.165, 1.54) is 38.8 Å². The van der Waals surface area contributed by atoms with E-state index in [-0.39, 0.29) is 0 Å². The highest BCUT2D eigenvalue weighted by molar-refractivity contribution is 4.94. The Hall–Kier alpha value is -0.120. The number of methoxy groups -OCH3 is 1. The van der Waals surface area contributed by atoms with Gasteiger partial charge in [-0.3, -0.25) is 4.90 Å². The average molecular weight is 254 g/mol. The predicted molar refractivity (Wildman–Crippen MR) is 75.8 cm³/mol. The van der Waals surface area contributed by atoms with Crippen molar-refractivity contribution in [2.75, 3.05) is 27.2 Å². The minimum atomic E-state index is 0.493. The predicted octanol–water partition coefficient (Wildman–Crippen LogP) is 2.12. The van der Waals surface area contributed by atoms with E-state index in [0.29, 0.717) is 12.1 Å². The van der Waals surface area contributed by atoms with Crippen LogP contribution in [0.4, 0.5) is 0 Å². The van der Waals surface area contributed by atoms with E-state index >= 15 is 0 Å². The lowest BCUT2D eigenvalue weighted by Crippen LogP contribution is -2.57. The Morgan fingerprint density at radius 3 is 2.33 bits per heavy atom. The summed E-state index contributed by atoms with van der Waals surface area (Å²) in [6.45, 7) is 7.25. The molecule has 2 aliphatic rings. The number of hydrogen-bond acceptors (Lipinski definition) is 3. The Bertz CT molecular complexity index is 251. The van der Waals surface area contributed by atoms with Crippen LogP contribution in [0.15, 0.2) is 0 Å². The van der Waals surface area contributed by atoms with E-state index < -0.39 is 0 Å². The summed E-state index contributed by atoms with van der Waals surface area (Å²) < 4.78 is 5.48.